The maximum Gasteiger partial charge on any atom is 0.243 e. The van der Waals surface area contributed by atoms with Gasteiger partial charge < -0.3 is 16.4 Å². The van der Waals surface area contributed by atoms with E-state index in [1.165, 1.54) is 0 Å². The first-order chi connectivity index (χ1) is 11.0. The number of thiophene rings is 1. The molecule has 23 heavy (non-hydrogen) atoms. The Labute approximate surface area is 139 Å². The van der Waals surface area contributed by atoms with Crippen molar-refractivity contribution in [1.29, 1.82) is 0 Å². The quantitative estimate of drug-likeness (QED) is 0.760. The van der Waals surface area contributed by atoms with Gasteiger partial charge in [-0.25, -0.2) is 0 Å². The molecule has 0 bridgehead atoms. The second-order valence-electron chi connectivity index (χ2n) is 5.56. The van der Waals surface area contributed by atoms with Crippen molar-refractivity contribution in [1.82, 2.24) is 5.32 Å². The Kier molecular flexibility index (Phi) is 5.90. The Balaban J connectivity index is 1.98. The molecule has 1 atom stereocenters. The third-order valence-electron chi connectivity index (χ3n) is 3.43. The number of amides is 2. The van der Waals surface area contributed by atoms with Gasteiger partial charge in [0.15, 0.2) is 0 Å². The summed E-state index contributed by atoms with van der Waals surface area (Å²) in [5.41, 5.74) is 7.43. The minimum Gasteiger partial charge on any atom is -0.346 e. The summed E-state index contributed by atoms with van der Waals surface area (Å²) in [6.45, 7) is 3.63. The first-order valence-corrected chi connectivity index (χ1v) is 8.33. The number of hydrogen-bond donors (Lipinski definition) is 3. The predicted octanol–water partition coefficient (Wildman–Crippen LogP) is 2.45. The molecule has 0 aliphatic carbocycles. The highest BCUT2D eigenvalue weighted by molar-refractivity contribution is 7.13. The molecule has 2 aromatic rings. The molecular formula is C17H21N3O2S. The Morgan fingerprint density at radius 1 is 1.17 bits per heavy atom. The molecule has 1 heterocycles. The van der Waals surface area contributed by atoms with Gasteiger partial charge in [-0.05, 0) is 23.4 Å². The van der Waals surface area contributed by atoms with Crippen molar-refractivity contribution in [3.8, 4) is 10.4 Å². The highest BCUT2D eigenvalue weighted by Gasteiger charge is 2.18. The van der Waals surface area contributed by atoms with Crippen LogP contribution in [-0.2, 0) is 9.59 Å². The van der Waals surface area contributed by atoms with Crippen LogP contribution in [0, 0.1) is 5.92 Å². The van der Waals surface area contributed by atoms with Gasteiger partial charge in [0.25, 0.3) is 0 Å². The van der Waals surface area contributed by atoms with Crippen molar-refractivity contribution in [2.75, 3.05) is 11.9 Å². The second kappa shape index (κ2) is 7.89. The van der Waals surface area contributed by atoms with Gasteiger partial charge in [-0.3, -0.25) is 9.59 Å². The van der Waals surface area contributed by atoms with Crippen LogP contribution in [0.15, 0.2) is 41.8 Å². The SMILES string of the molecule is CC(C)[C@H](N)C(=O)NCC(=O)Nc1ccccc1-c1cccs1. The molecule has 6 heteroatoms. The highest BCUT2D eigenvalue weighted by atomic mass is 32.1. The summed E-state index contributed by atoms with van der Waals surface area (Å²) in [6.07, 6.45) is 0. The summed E-state index contributed by atoms with van der Waals surface area (Å²) in [5.74, 6) is -0.572. The van der Waals surface area contributed by atoms with Crippen LogP contribution >= 0.6 is 11.3 Å². The first kappa shape index (κ1) is 17.2. The zero-order chi connectivity index (χ0) is 16.8. The predicted molar refractivity (Wildman–Crippen MR) is 94.2 cm³/mol. The van der Waals surface area contributed by atoms with E-state index in [-0.39, 0.29) is 24.3 Å². The van der Waals surface area contributed by atoms with Crippen LogP contribution in [0.3, 0.4) is 0 Å². The number of carbonyl (C=O) groups is 2. The van der Waals surface area contributed by atoms with Crippen LogP contribution in [0.4, 0.5) is 5.69 Å². The summed E-state index contributed by atoms with van der Waals surface area (Å²) in [7, 11) is 0. The van der Waals surface area contributed by atoms with Gasteiger partial charge in [0.05, 0.1) is 12.6 Å². The van der Waals surface area contributed by atoms with Crippen molar-refractivity contribution in [3.63, 3.8) is 0 Å². The molecule has 0 aliphatic heterocycles. The smallest absolute Gasteiger partial charge is 0.243 e. The summed E-state index contributed by atoms with van der Waals surface area (Å²) in [5, 5.41) is 7.39. The average molecular weight is 331 g/mol. The van der Waals surface area contributed by atoms with Gasteiger partial charge in [0.2, 0.25) is 11.8 Å². The van der Waals surface area contributed by atoms with Crippen LogP contribution in [0.1, 0.15) is 13.8 Å². The fourth-order valence-electron chi connectivity index (χ4n) is 2.02. The normalized spacial score (nSPS) is 12.0. The van der Waals surface area contributed by atoms with Gasteiger partial charge >= 0.3 is 0 Å². The molecule has 2 amide bonds. The molecule has 2 rings (SSSR count). The lowest BCUT2D eigenvalue weighted by Crippen LogP contribution is -2.46. The van der Waals surface area contributed by atoms with Gasteiger partial charge in [-0.15, -0.1) is 11.3 Å². The third-order valence-corrected chi connectivity index (χ3v) is 4.34. The molecular weight excluding hydrogens is 310 g/mol. The van der Waals surface area contributed by atoms with Crippen LogP contribution in [0.25, 0.3) is 10.4 Å². The monoisotopic (exact) mass is 331 g/mol. The van der Waals surface area contributed by atoms with E-state index in [1.54, 1.807) is 11.3 Å². The van der Waals surface area contributed by atoms with Crippen molar-refractivity contribution >= 4 is 28.8 Å². The number of anilines is 1. The third kappa shape index (κ3) is 4.64. The molecule has 4 N–H and O–H groups in total. The van der Waals surface area contributed by atoms with Gasteiger partial charge in [-0.1, -0.05) is 38.1 Å². The highest BCUT2D eigenvalue weighted by Crippen LogP contribution is 2.31. The van der Waals surface area contributed by atoms with Crippen LogP contribution in [0.2, 0.25) is 0 Å². The van der Waals surface area contributed by atoms with Crippen molar-refractivity contribution in [3.05, 3.63) is 41.8 Å². The van der Waals surface area contributed by atoms with E-state index in [0.29, 0.717) is 0 Å². The fourth-order valence-corrected chi connectivity index (χ4v) is 2.79. The molecule has 0 spiro atoms. The van der Waals surface area contributed by atoms with Crippen LogP contribution in [0.5, 0.6) is 0 Å². The Morgan fingerprint density at radius 2 is 1.91 bits per heavy atom. The largest absolute Gasteiger partial charge is 0.346 e. The van der Waals surface area contributed by atoms with E-state index in [2.05, 4.69) is 10.6 Å². The van der Waals surface area contributed by atoms with E-state index in [1.807, 2.05) is 55.6 Å². The number of rotatable bonds is 6. The zero-order valence-electron chi connectivity index (χ0n) is 13.2. The van der Waals surface area contributed by atoms with E-state index in [9.17, 15) is 9.59 Å². The molecule has 0 radical (unpaired) electrons. The number of carbonyl (C=O) groups excluding carboxylic acids is 2. The van der Waals surface area contributed by atoms with Crippen LogP contribution < -0.4 is 16.4 Å². The first-order valence-electron chi connectivity index (χ1n) is 7.45. The molecule has 0 aliphatic rings. The second-order valence-corrected chi connectivity index (χ2v) is 6.51. The topological polar surface area (TPSA) is 84.2 Å². The van der Waals surface area contributed by atoms with E-state index < -0.39 is 6.04 Å². The summed E-state index contributed by atoms with van der Waals surface area (Å²) < 4.78 is 0. The van der Waals surface area contributed by atoms with Crippen molar-refractivity contribution < 1.29 is 9.59 Å². The summed E-state index contributed by atoms with van der Waals surface area (Å²) >= 11 is 1.61. The fraction of sp³-hybridized carbons (Fsp3) is 0.294. The molecule has 0 saturated carbocycles. The van der Waals surface area contributed by atoms with Crippen molar-refractivity contribution in [2.24, 2.45) is 11.7 Å². The lowest BCUT2D eigenvalue weighted by Gasteiger charge is -2.15. The molecule has 1 aromatic heterocycles. The average Bonchev–Trinajstić information content (AvgIpc) is 3.06. The zero-order valence-corrected chi connectivity index (χ0v) is 14.0. The number of nitrogens with two attached hydrogens (primary N) is 1. The number of hydrogen-bond acceptors (Lipinski definition) is 4. The number of para-hydroxylation sites is 1. The number of nitrogens with one attached hydrogen (secondary N) is 2. The Morgan fingerprint density at radius 3 is 2.57 bits per heavy atom. The van der Waals surface area contributed by atoms with Crippen molar-refractivity contribution in [2.45, 2.75) is 19.9 Å². The lowest BCUT2D eigenvalue weighted by molar-refractivity contribution is -0.125. The van der Waals surface area contributed by atoms with Gasteiger partial charge in [0.1, 0.15) is 0 Å². The molecule has 122 valence electrons. The van der Waals surface area contributed by atoms with Gasteiger partial charge in [-0.2, -0.15) is 0 Å². The standard InChI is InChI=1S/C17H21N3O2S/c1-11(2)16(18)17(22)19-10-15(21)20-13-7-4-3-6-12(13)14-8-5-9-23-14/h3-9,11,16H,10,18H2,1-2H3,(H,19,22)(H,20,21)/t16-/m0/s1. The lowest BCUT2D eigenvalue weighted by atomic mass is 10.1. The maximum absolute atomic E-state index is 12.1. The minimum absolute atomic E-state index is 0.0256. The minimum atomic E-state index is -0.610. The molecule has 0 unspecified atom stereocenters. The van der Waals surface area contributed by atoms with E-state index in [0.717, 1.165) is 16.1 Å². The number of benzene rings is 1. The summed E-state index contributed by atoms with van der Waals surface area (Å²) in [4.78, 5) is 24.9. The molecule has 5 nitrogen and oxygen atoms in total. The summed E-state index contributed by atoms with van der Waals surface area (Å²) in [6, 6.07) is 10.9. The molecule has 0 fully saturated rings. The van der Waals surface area contributed by atoms with E-state index in [4.69, 9.17) is 5.73 Å². The Bertz CT molecular complexity index is 668. The van der Waals surface area contributed by atoms with E-state index >= 15 is 0 Å². The Hall–Kier alpha value is -2.18. The molecule has 1 aromatic carbocycles. The van der Waals surface area contributed by atoms with Gasteiger partial charge in [0, 0.05) is 16.1 Å². The maximum atomic E-state index is 12.1. The molecule has 0 saturated heterocycles. The van der Waals surface area contributed by atoms with Crippen LogP contribution in [-0.4, -0.2) is 24.4 Å².